The quantitative estimate of drug-likeness (QED) is 0.764. The van der Waals surface area contributed by atoms with Gasteiger partial charge in [0.25, 0.3) is 5.91 Å². The van der Waals surface area contributed by atoms with Crippen molar-refractivity contribution in [3.8, 4) is 0 Å². The number of carbonyl (C=O) groups excluding carboxylic acids is 1. The summed E-state index contributed by atoms with van der Waals surface area (Å²) in [6.45, 7) is 1.91. The Labute approximate surface area is 138 Å². The van der Waals surface area contributed by atoms with Gasteiger partial charge in [-0.15, -0.1) is 10.2 Å². The Morgan fingerprint density at radius 3 is 2.38 bits per heavy atom. The van der Waals surface area contributed by atoms with Crippen LogP contribution in [0.4, 0.5) is 21.6 Å². The van der Waals surface area contributed by atoms with E-state index >= 15 is 0 Å². The van der Waals surface area contributed by atoms with E-state index in [-0.39, 0.29) is 17.4 Å². The number of para-hydroxylation sites is 1. The van der Waals surface area contributed by atoms with Gasteiger partial charge in [0.1, 0.15) is 5.82 Å². The predicted octanol–water partition coefficient (Wildman–Crippen LogP) is 3.92. The van der Waals surface area contributed by atoms with Crippen LogP contribution in [0.25, 0.3) is 0 Å². The highest BCUT2D eigenvalue weighted by atomic mass is 19.1. The Bertz CT molecular complexity index is 848. The molecule has 2 N–H and O–H groups in total. The molecule has 0 unspecified atom stereocenters. The van der Waals surface area contributed by atoms with Crippen LogP contribution in [0.5, 0.6) is 0 Å². The number of halogens is 1. The fourth-order valence-electron chi connectivity index (χ4n) is 2.10. The van der Waals surface area contributed by atoms with E-state index in [4.69, 9.17) is 0 Å². The molecular weight excluding hydrogens is 307 g/mol. The van der Waals surface area contributed by atoms with E-state index in [1.54, 1.807) is 24.3 Å². The molecule has 0 atom stereocenters. The van der Waals surface area contributed by atoms with Crippen LogP contribution in [-0.4, -0.2) is 16.1 Å². The number of anilines is 3. The van der Waals surface area contributed by atoms with Crippen LogP contribution in [0.2, 0.25) is 0 Å². The van der Waals surface area contributed by atoms with E-state index in [0.29, 0.717) is 11.5 Å². The maximum Gasteiger partial charge on any atom is 0.276 e. The summed E-state index contributed by atoms with van der Waals surface area (Å²) in [5.74, 6) is -0.172. The topological polar surface area (TPSA) is 66.9 Å². The molecule has 120 valence electrons. The van der Waals surface area contributed by atoms with Crippen LogP contribution in [0.15, 0.2) is 60.7 Å². The summed E-state index contributed by atoms with van der Waals surface area (Å²) in [6.07, 6.45) is 0. The van der Waals surface area contributed by atoms with Crippen LogP contribution >= 0.6 is 0 Å². The lowest BCUT2D eigenvalue weighted by Gasteiger charge is -2.08. The normalized spacial score (nSPS) is 10.2. The van der Waals surface area contributed by atoms with Crippen LogP contribution in [0.1, 0.15) is 16.1 Å². The molecule has 2 aromatic carbocycles. The fourth-order valence-corrected chi connectivity index (χ4v) is 2.10. The number of hydrogen-bond acceptors (Lipinski definition) is 4. The second-order valence-corrected chi connectivity index (χ2v) is 5.20. The summed E-state index contributed by atoms with van der Waals surface area (Å²) >= 11 is 0. The molecule has 24 heavy (non-hydrogen) atoms. The standard InChI is InChI=1S/C18H15FN4O/c1-12-4-2-3-5-15(12)21-18(24)16-10-11-17(23-22-16)20-14-8-6-13(19)7-9-14/h2-11H,1H3,(H,20,23)(H,21,24). The zero-order chi connectivity index (χ0) is 16.9. The number of aryl methyl sites for hydroxylation is 1. The van der Waals surface area contributed by atoms with Crippen molar-refractivity contribution in [2.75, 3.05) is 10.6 Å². The molecule has 1 amide bonds. The molecule has 1 aromatic heterocycles. The van der Waals surface area contributed by atoms with Gasteiger partial charge in [-0.1, -0.05) is 18.2 Å². The molecule has 1 heterocycles. The van der Waals surface area contributed by atoms with Gasteiger partial charge in [-0.05, 0) is 55.0 Å². The van der Waals surface area contributed by atoms with Crippen LogP contribution in [-0.2, 0) is 0 Å². The maximum absolute atomic E-state index is 12.9. The lowest BCUT2D eigenvalue weighted by Crippen LogP contribution is -2.15. The van der Waals surface area contributed by atoms with Crippen LogP contribution in [0, 0.1) is 12.7 Å². The van der Waals surface area contributed by atoms with Gasteiger partial charge in [0, 0.05) is 11.4 Å². The van der Waals surface area contributed by atoms with Crippen molar-refractivity contribution in [1.29, 1.82) is 0 Å². The van der Waals surface area contributed by atoms with Gasteiger partial charge < -0.3 is 10.6 Å². The number of hydrogen-bond donors (Lipinski definition) is 2. The van der Waals surface area contributed by atoms with E-state index in [0.717, 1.165) is 11.3 Å². The van der Waals surface area contributed by atoms with Crippen molar-refractivity contribution in [2.24, 2.45) is 0 Å². The molecule has 0 aliphatic rings. The Balaban J connectivity index is 1.68. The molecule has 3 aromatic rings. The third-order valence-corrected chi connectivity index (χ3v) is 3.41. The number of carbonyl (C=O) groups is 1. The Morgan fingerprint density at radius 1 is 0.958 bits per heavy atom. The fraction of sp³-hybridized carbons (Fsp3) is 0.0556. The van der Waals surface area contributed by atoms with Gasteiger partial charge in [-0.2, -0.15) is 0 Å². The highest BCUT2D eigenvalue weighted by molar-refractivity contribution is 6.03. The first-order valence-electron chi connectivity index (χ1n) is 7.35. The Kier molecular flexibility index (Phi) is 4.47. The molecule has 5 nitrogen and oxygen atoms in total. The van der Waals surface area contributed by atoms with Gasteiger partial charge in [0.05, 0.1) is 0 Å². The average Bonchev–Trinajstić information content (AvgIpc) is 2.59. The molecule has 0 saturated heterocycles. The molecule has 0 aliphatic carbocycles. The van der Waals surface area contributed by atoms with E-state index in [1.165, 1.54) is 12.1 Å². The number of nitrogens with zero attached hydrogens (tertiary/aromatic N) is 2. The summed E-state index contributed by atoms with van der Waals surface area (Å²) in [4.78, 5) is 12.2. The summed E-state index contributed by atoms with van der Waals surface area (Å²) in [5.41, 5.74) is 2.59. The van der Waals surface area contributed by atoms with Crippen molar-refractivity contribution >= 4 is 23.1 Å². The number of aromatic nitrogens is 2. The summed E-state index contributed by atoms with van der Waals surface area (Å²) < 4.78 is 12.9. The third-order valence-electron chi connectivity index (χ3n) is 3.41. The van der Waals surface area contributed by atoms with Crippen molar-refractivity contribution < 1.29 is 9.18 Å². The van der Waals surface area contributed by atoms with Gasteiger partial charge in [-0.25, -0.2) is 4.39 Å². The van der Waals surface area contributed by atoms with E-state index < -0.39 is 0 Å². The highest BCUT2D eigenvalue weighted by Crippen LogP contribution is 2.16. The molecule has 0 aliphatic heterocycles. The minimum absolute atomic E-state index is 0.211. The second kappa shape index (κ2) is 6.87. The summed E-state index contributed by atoms with van der Waals surface area (Å²) in [6, 6.07) is 16.6. The first-order valence-corrected chi connectivity index (χ1v) is 7.35. The average molecular weight is 322 g/mol. The maximum atomic E-state index is 12.9. The highest BCUT2D eigenvalue weighted by Gasteiger charge is 2.10. The predicted molar refractivity (Wildman–Crippen MR) is 90.8 cm³/mol. The van der Waals surface area contributed by atoms with E-state index in [1.807, 2.05) is 31.2 Å². The number of nitrogens with one attached hydrogen (secondary N) is 2. The van der Waals surface area contributed by atoms with Gasteiger partial charge in [-0.3, -0.25) is 4.79 Å². The lowest BCUT2D eigenvalue weighted by molar-refractivity contribution is 0.102. The van der Waals surface area contributed by atoms with Crippen LogP contribution in [0.3, 0.4) is 0 Å². The minimum atomic E-state index is -0.329. The monoisotopic (exact) mass is 322 g/mol. The third kappa shape index (κ3) is 3.73. The Morgan fingerprint density at radius 2 is 1.71 bits per heavy atom. The molecule has 0 bridgehead atoms. The Hall–Kier alpha value is -3.28. The first kappa shape index (κ1) is 15.6. The van der Waals surface area contributed by atoms with Crippen molar-refractivity contribution in [3.63, 3.8) is 0 Å². The smallest absolute Gasteiger partial charge is 0.276 e. The number of rotatable bonds is 4. The molecule has 0 radical (unpaired) electrons. The molecule has 6 heteroatoms. The zero-order valence-electron chi connectivity index (χ0n) is 13.0. The van der Waals surface area contributed by atoms with Crippen molar-refractivity contribution in [3.05, 3.63) is 77.7 Å². The lowest BCUT2D eigenvalue weighted by atomic mass is 10.2. The first-order chi connectivity index (χ1) is 11.6. The van der Waals surface area contributed by atoms with Crippen LogP contribution < -0.4 is 10.6 Å². The van der Waals surface area contributed by atoms with E-state index in [2.05, 4.69) is 20.8 Å². The number of benzene rings is 2. The summed E-state index contributed by atoms with van der Waals surface area (Å²) in [5, 5.41) is 13.7. The van der Waals surface area contributed by atoms with Gasteiger partial charge in [0.2, 0.25) is 0 Å². The zero-order valence-corrected chi connectivity index (χ0v) is 13.0. The molecule has 3 rings (SSSR count). The van der Waals surface area contributed by atoms with Crippen molar-refractivity contribution in [1.82, 2.24) is 10.2 Å². The van der Waals surface area contributed by atoms with Crippen molar-refractivity contribution in [2.45, 2.75) is 6.92 Å². The van der Waals surface area contributed by atoms with Gasteiger partial charge >= 0.3 is 0 Å². The largest absolute Gasteiger partial charge is 0.339 e. The van der Waals surface area contributed by atoms with E-state index in [9.17, 15) is 9.18 Å². The molecule has 0 saturated carbocycles. The van der Waals surface area contributed by atoms with Gasteiger partial charge in [0.15, 0.2) is 11.5 Å². The molecule has 0 spiro atoms. The second-order valence-electron chi connectivity index (χ2n) is 5.20. The number of amides is 1. The molecule has 0 fully saturated rings. The minimum Gasteiger partial charge on any atom is -0.339 e. The SMILES string of the molecule is Cc1ccccc1NC(=O)c1ccc(Nc2ccc(F)cc2)nn1. The molecular formula is C18H15FN4O. The summed E-state index contributed by atoms with van der Waals surface area (Å²) in [7, 11) is 0.